The van der Waals surface area contributed by atoms with E-state index in [0.29, 0.717) is 12.3 Å². The summed E-state index contributed by atoms with van der Waals surface area (Å²) in [6.07, 6.45) is 8.38. The summed E-state index contributed by atoms with van der Waals surface area (Å²) in [6, 6.07) is 6.68. The third-order valence-electron chi connectivity index (χ3n) is 4.77. The number of allylic oxidation sites excluding steroid dienone is 1. The lowest BCUT2D eigenvalue weighted by atomic mass is 9.97. The Kier molecular flexibility index (Phi) is 5.87. The lowest BCUT2D eigenvalue weighted by molar-refractivity contribution is -0.121. The highest BCUT2D eigenvalue weighted by Gasteiger charge is 2.39. The maximum Gasteiger partial charge on any atom is 0.251 e. The van der Waals surface area contributed by atoms with Crippen molar-refractivity contribution in [2.75, 3.05) is 18.1 Å². The molecule has 0 aromatic heterocycles. The SMILES string of the molecule is CCOc1ccc(N2C(=O)C[C@@H](NCCC3=CCCCC3)C2=O)cc1. The Labute approximate surface area is 149 Å². The highest BCUT2D eigenvalue weighted by molar-refractivity contribution is 6.22. The first-order valence-electron chi connectivity index (χ1n) is 9.20. The first kappa shape index (κ1) is 17.7. The third kappa shape index (κ3) is 4.28. The number of imide groups is 1. The molecule has 1 fully saturated rings. The van der Waals surface area contributed by atoms with E-state index in [1.54, 1.807) is 24.3 Å². The van der Waals surface area contributed by atoms with Crippen molar-refractivity contribution in [2.45, 2.75) is 51.5 Å². The molecule has 1 aromatic rings. The van der Waals surface area contributed by atoms with E-state index in [2.05, 4.69) is 11.4 Å². The van der Waals surface area contributed by atoms with Crippen LogP contribution in [0.2, 0.25) is 0 Å². The van der Waals surface area contributed by atoms with Crippen molar-refractivity contribution < 1.29 is 14.3 Å². The molecular formula is C20H26N2O3. The minimum Gasteiger partial charge on any atom is -0.494 e. The highest BCUT2D eigenvalue weighted by atomic mass is 16.5. The van der Waals surface area contributed by atoms with Crippen molar-refractivity contribution in [1.29, 1.82) is 0 Å². The second-order valence-corrected chi connectivity index (χ2v) is 6.56. The first-order valence-corrected chi connectivity index (χ1v) is 9.20. The zero-order chi connectivity index (χ0) is 17.6. The number of benzene rings is 1. The summed E-state index contributed by atoms with van der Waals surface area (Å²) in [5, 5.41) is 3.26. The van der Waals surface area contributed by atoms with Crippen LogP contribution in [0.5, 0.6) is 5.75 Å². The molecule has 2 aliphatic rings. The molecule has 0 spiro atoms. The Hall–Kier alpha value is -2.14. The van der Waals surface area contributed by atoms with Crippen LogP contribution in [0.15, 0.2) is 35.9 Å². The van der Waals surface area contributed by atoms with E-state index >= 15 is 0 Å². The summed E-state index contributed by atoms with van der Waals surface area (Å²) in [5.74, 6) is 0.427. The molecule has 2 amide bonds. The molecule has 1 saturated heterocycles. The summed E-state index contributed by atoms with van der Waals surface area (Å²) >= 11 is 0. The van der Waals surface area contributed by atoms with Crippen molar-refractivity contribution >= 4 is 17.5 Å². The molecule has 5 heteroatoms. The molecule has 5 nitrogen and oxygen atoms in total. The molecule has 0 unspecified atom stereocenters. The average Bonchev–Trinajstić information content (AvgIpc) is 2.91. The van der Waals surface area contributed by atoms with Gasteiger partial charge in [-0.25, -0.2) is 4.90 Å². The molecule has 25 heavy (non-hydrogen) atoms. The Morgan fingerprint density at radius 2 is 2.00 bits per heavy atom. The van der Waals surface area contributed by atoms with Crippen molar-refractivity contribution in [1.82, 2.24) is 5.32 Å². The van der Waals surface area contributed by atoms with Crippen LogP contribution < -0.4 is 15.0 Å². The van der Waals surface area contributed by atoms with Crippen LogP contribution in [-0.4, -0.2) is 31.0 Å². The number of nitrogens with zero attached hydrogens (tertiary/aromatic N) is 1. The lowest BCUT2D eigenvalue weighted by Crippen LogP contribution is -2.39. The number of hydrogen-bond donors (Lipinski definition) is 1. The number of nitrogens with one attached hydrogen (secondary N) is 1. The van der Waals surface area contributed by atoms with Gasteiger partial charge in [-0.3, -0.25) is 9.59 Å². The first-order chi connectivity index (χ1) is 12.2. The van der Waals surface area contributed by atoms with Crippen LogP contribution in [0.3, 0.4) is 0 Å². The third-order valence-corrected chi connectivity index (χ3v) is 4.77. The van der Waals surface area contributed by atoms with Crippen molar-refractivity contribution in [3.8, 4) is 5.75 Å². The molecule has 1 aliphatic heterocycles. The summed E-state index contributed by atoms with van der Waals surface area (Å²) < 4.78 is 5.40. The zero-order valence-corrected chi connectivity index (χ0v) is 14.8. The number of carbonyl (C=O) groups excluding carboxylic acids is 2. The van der Waals surface area contributed by atoms with Crippen molar-refractivity contribution in [3.05, 3.63) is 35.9 Å². The molecular weight excluding hydrogens is 316 g/mol. The fourth-order valence-electron chi connectivity index (χ4n) is 3.46. The Balaban J connectivity index is 1.57. The van der Waals surface area contributed by atoms with Crippen LogP contribution in [0, 0.1) is 0 Å². The topological polar surface area (TPSA) is 58.6 Å². The van der Waals surface area contributed by atoms with Gasteiger partial charge in [-0.15, -0.1) is 0 Å². The largest absolute Gasteiger partial charge is 0.494 e. The van der Waals surface area contributed by atoms with Gasteiger partial charge in [0.2, 0.25) is 5.91 Å². The standard InChI is InChI=1S/C20H26N2O3/c1-2-25-17-10-8-16(9-11-17)22-19(23)14-18(20(22)24)21-13-12-15-6-4-3-5-7-15/h6,8-11,18,21H,2-5,7,12-14H2,1H3/t18-/m1/s1. The van der Waals surface area contributed by atoms with Crippen molar-refractivity contribution in [3.63, 3.8) is 0 Å². The number of amides is 2. The minimum atomic E-state index is -0.414. The summed E-state index contributed by atoms with van der Waals surface area (Å²) in [6.45, 7) is 3.25. The molecule has 3 rings (SSSR count). The van der Waals surface area contributed by atoms with Crippen LogP contribution in [0.1, 0.15) is 45.4 Å². The van der Waals surface area contributed by atoms with E-state index in [1.807, 2.05) is 6.92 Å². The van der Waals surface area contributed by atoms with Crippen LogP contribution in [0.25, 0.3) is 0 Å². The average molecular weight is 342 g/mol. The van der Waals surface area contributed by atoms with E-state index in [0.717, 1.165) is 25.1 Å². The second-order valence-electron chi connectivity index (χ2n) is 6.56. The Bertz CT molecular complexity index is 651. The van der Waals surface area contributed by atoms with Crippen molar-refractivity contribution in [2.24, 2.45) is 0 Å². The predicted molar refractivity (Wildman–Crippen MR) is 97.7 cm³/mol. The zero-order valence-electron chi connectivity index (χ0n) is 14.8. The predicted octanol–water partition coefficient (Wildman–Crippen LogP) is 3.20. The van der Waals surface area contributed by atoms with Gasteiger partial charge in [-0.1, -0.05) is 11.6 Å². The van der Waals surface area contributed by atoms with Gasteiger partial charge in [-0.05, 0) is 69.8 Å². The van der Waals surface area contributed by atoms with E-state index in [1.165, 1.54) is 29.7 Å². The number of carbonyl (C=O) groups is 2. The number of hydrogen-bond acceptors (Lipinski definition) is 4. The molecule has 1 N–H and O–H groups in total. The van der Waals surface area contributed by atoms with E-state index in [4.69, 9.17) is 4.74 Å². The van der Waals surface area contributed by atoms with Crippen LogP contribution >= 0.6 is 0 Å². The monoisotopic (exact) mass is 342 g/mol. The molecule has 1 atom stereocenters. The van der Waals surface area contributed by atoms with Crippen LogP contribution in [-0.2, 0) is 9.59 Å². The van der Waals surface area contributed by atoms with Gasteiger partial charge < -0.3 is 10.1 Å². The van der Waals surface area contributed by atoms with Gasteiger partial charge in [0.1, 0.15) is 5.75 Å². The Morgan fingerprint density at radius 1 is 1.20 bits per heavy atom. The van der Waals surface area contributed by atoms with Gasteiger partial charge in [0, 0.05) is 0 Å². The molecule has 0 radical (unpaired) electrons. The lowest BCUT2D eigenvalue weighted by Gasteiger charge is -2.17. The molecule has 0 saturated carbocycles. The van der Waals surface area contributed by atoms with Gasteiger partial charge >= 0.3 is 0 Å². The molecule has 1 heterocycles. The summed E-state index contributed by atoms with van der Waals surface area (Å²) in [7, 11) is 0. The maximum atomic E-state index is 12.6. The van der Waals surface area contributed by atoms with E-state index < -0.39 is 6.04 Å². The highest BCUT2D eigenvalue weighted by Crippen LogP contribution is 2.25. The van der Waals surface area contributed by atoms with Gasteiger partial charge in [0.15, 0.2) is 0 Å². The fraction of sp³-hybridized carbons (Fsp3) is 0.500. The molecule has 134 valence electrons. The molecule has 0 bridgehead atoms. The van der Waals surface area contributed by atoms with Gasteiger partial charge in [-0.2, -0.15) is 0 Å². The summed E-state index contributed by atoms with van der Waals surface area (Å²) in [5.41, 5.74) is 2.08. The minimum absolute atomic E-state index is 0.149. The van der Waals surface area contributed by atoms with Gasteiger partial charge in [0.25, 0.3) is 5.91 Å². The van der Waals surface area contributed by atoms with Crippen LogP contribution in [0.4, 0.5) is 5.69 Å². The smallest absolute Gasteiger partial charge is 0.251 e. The fourth-order valence-corrected chi connectivity index (χ4v) is 3.46. The Morgan fingerprint density at radius 3 is 2.68 bits per heavy atom. The number of rotatable bonds is 7. The maximum absolute atomic E-state index is 12.6. The molecule has 1 aromatic carbocycles. The number of ether oxygens (including phenoxy) is 1. The normalized spacial score (nSPS) is 20.8. The number of anilines is 1. The van der Waals surface area contributed by atoms with E-state index in [9.17, 15) is 9.59 Å². The quantitative estimate of drug-likeness (QED) is 0.611. The second kappa shape index (κ2) is 8.30. The molecule has 1 aliphatic carbocycles. The summed E-state index contributed by atoms with van der Waals surface area (Å²) in [4.78, 5) is 26.2. The van der Waals surface area contributed by atoms with Gasteiger partial charge in [0.05, 0.1) is 24.8 Å². The van der Waals surface area contributed by atoms with E-state index in [-0.39, 0.29) is 18.2 Å².